The number of carbonyl (C=O) groups is 3. The van der Waals surface area contributed by atoms with E-state index in [2.05, 4.69) is 10.6 Å². The second kappa shape index (κ2) is 7.35. The fourth-order valence-electron chi connectivity index (χ4n) is 2.84. The molecule has 1 unspecified atom stereocenters. The molecule has 0 bridgehead atoms. The summed E-state index contributed by atoms with van der Waals surface area (Å²) in [7, 11) is 0. The first-order valence-electron chi connectivity index (χ1n) is 8.17. The maximum Gasteiger partial charge on any atom is 0.319 e. The molecular formula is C19H18FN3O3. The van der Waals surface area contributed by atoms with E-state index in [1.807, 2.05) is 0 Å². The van der Waals surface area contributed by atoms with Crippen molar-refractivity contribution in [3.63, 3.8) is 0 Å². The van der Waals surface area contributed by atoms with Crippen molar-refractivity contribution < 1.29 is 18.8 Å². The Balaban J connectivity index is 1.58. The smallest absolute Gasteiger partial charge is 0.319 e. The molecule has 0 saturated carbocycles. The minimum absolute atomic E-state index is 0.0529. The third kappa shape index (κ3) is 4.05. The Hall–Kier alpha value is -3.22. The lowest BCUT2D eigenvalue weighted by Gasteiger charge is -2.17. The van der Waals surface area contributed by atoms with Crippen molar-refractivity contribution in [2.24, 2.45) is 0 Å². The molecular weight excluding hydrogens is 337 g/mol. The highest BCUT2D eigenvalue weighted by molar-refractivity contribution is 5.98. The minimum Gasteiger partial charge on any atom is -0.333 e. The number of nitrogens with zero attached hydrogens (tertiary/aromatic N) is 1. The van der Waals surface area contributed by atoms with Gasteiger partial charge in [0.1, 0.15) is 5.82 Å². The molecule has 1 aliphatic heterocycles. The maximum absolute atomic E-state index is 13.3. The average Bonchev–Trinajstić information content (AvgIpc) is 2.95. The molecule has 1 heterocycles. The highest BCUT2D eigenvalue weighted by atomic mass is 19.1. The lowest BCUT2D eigenvalue weighted by Crippen LogP contribution is -2.39. The van der Waals surface area contributed by atoms with Gasteiger partial charge in [0.05, 0.1) is 6.04 Å². The number of hydrogen-bond donors (Lipinski definition) is 2. The Morgan fingerprint density at radius 3 is 2.54 bits per heavy atom. The SMILES string of the molecule is CC(=O)c1ccc(NC(=O)NC2CC(=O)N(c3cccc(F)c3)C2)cc1. The fraction of sp³-hybridized carbons (Fsp3) is 0.211. The summed E-state index contributed by atoms with van der Waals surface area (Å²) in [4.78, 5) is 37.0. The Morgan fingerprint density at radius 2 is 1.88 bits per heavy atom. The zero-order valence-electron chi connectivity index (χ0n) is 14.2. The van der Waals surface area contributed by atoms with Gasteiger partial charge in [-0.2, -0.15) is 0 Å². The number of hydrogen-bond acceptors (Lipinski definition) is 3. The summed E-state index contributed by atoms with van der Waals surface area (Å²) >= 11 is 0. The van der Waals surface area contributed by atoms with Crippen LogP contribution in [0.3, 0.4) is 0 Å². The first-order valence-corrected chi connectivity index (χ1v) is 8.17. The lowest BCUT2D eigenvalue weighted by atomic mass is 10.1. The molecule has 2 aromatic carbocycles. The van der Waals surface area contributed by atoms with Crippen molar-refractivity contribution in [1.82, 2.24) is 5.32 Å². The van der Waals surface area contributed by atoms with Gasteiger partial charge in [0.25, 0.3) is 0 Å². The van der Waals surface area contributed by atoms with E-state index in [1.54, 1.807) is 30.3 Å². The summed E-state index contributed by atoms with van der Waals surface area (Å²) < 4.78 is 13.3. The number of amides is 3. The maximum atomic E-state index is 13.3. The monoisotopic (exact) mass is 355 g/mol. The number of Topliss-reactive ketones (excluding diaryl/α,β-unsaturated/α-hetero) is 1. The summed E-state index contributed by atoms with van der Waals surface area (Å²) in [6, 6.07) is 11.5. The van der Waals surface area contributed by atoms with E-state index in [0.717, 1.165) is 0 Å². The van der Waals surface area contributed by atoms with Gasteiger partial charge in [-0.1, -0.05) is 6.07 Å². The molecule has 7 heteroatoms. The number of benzene rings is 2. The van der Waals surface area contributed by atoms with Crippen molar-refractivity contribution in [2.75, 3.05) is 16.8 Å². The minimum atomic E-state index is -0.445. The molecule has 0 aromatic heterocycles. The molecule has 0 radical (unpaired) electrons. The molecule has 2 N–H and O–H groups in total. The summed E-state index contributed by atoms with van der Waals surface area (Å²) in [6.07, 6.45) is 0.146. The number of halogens is 1. The lowest BCUT2D eigenvalue weighted by molar-refractivity contribution is -0.117. The number of anilines is 2. The number of ketones is 1. The quantitative estimate of drug-likeness (QED) is 0.828. The van der Waals surface area contributed by atoms with Crippen LogP contribution in [0.2, 0.25) is 0 Å². The molecule has 134 valence electrons. The van der Waals surface area contributed by atoms with Crippen molar-refractivity contribution in [3.8, 4) is 0 Å². The van der Waals surface area contributed by atoms with Crippen LogP contribution in [0.5, 0.6) is 0 Å². The Kier molecular flexibility index (Phi) is 4.97. The normalized spacial score (nSPS) is 16.5. The van der Waals surface area contributed by atoms with Crippen LogP contribution in [0, 0.1) is 5.82 Å². The summed E-state index contributed by atoms with van der Waals surface area (Å²) in [5.74, 6) is -0.645. The summed E-state index contributed by atoms with van der Waals surface area (Å²) in [6.45, 7) is 1.75. The first kappa shape index (κ1) is 17.6. The predicted octanol–water partition coefficient (Wildman–Crippen LogP) is 2.96. The number of carbonyl (C=O) groups excluding carboxylic acids is 3. The van der Waals surface area contributed by atoms with Gasteiger partial charge in [-0.25, -0.2) is 9.18 Å². The van der Waals surface area contributed by atoms with Gasteiger partial charge in [-0.15, -0.1) is 0 Å². The zero-order valence-corrected chi connectivity index (χ0v) is 14.2. The van der Waals surface area contributed by atoms with Crippen LogP contribution in [0.4, 0.5) is 20.6 Å². The van der Waals surface area contributed by atoms with Crippen LogP contribution in [-0.4, -0.2) is 30.3 Å². The van der Waals surface area contributed by atoms with Crippen LogP contribution in [0.1, 0.15) is 23.7 Å². The van der Waals surface area contributed by atoms with Gasteiger partial charge in [0.2, 0.25) is 5.91 Å². The molecule has 3 rings (SSSR count). The standard InChI is InChI=1S/C19H18FN3O3/c1-12(24)13-5-7-15(8-6-13)21-19(26)22-16-10-18(25)23(11-16)17-4-2-3-14(20)9-17/h2-9,16H,10-11H2,1H3,(H2,21,22,26). The first-order chi connectivity index (χ1) is 12.4. The van der Waals surface area contributed by atoms with E-state index in [0.29, 0.717) is 16.9 Å². The zero-order chi connectivity index (χ0) is 18.7. The summed E-state index contributed by atoms with van der Waals surface area (Å²) in [5.41, 5.74) is 1.57. The highest BCUT2D eigenvalue weighted by Gasteiger charge is 2.31. The predicted molar refractivity (Wildman–Crippen MR) is 95.8 cm³/mol. The van der Waals surface area contributed by atoms with Crippen molar-refractivity contribution in [1.29, 1.82) is 0 Å². The van der Waals surface area contributed by atoms with E-state index in [9.17, 15) is 18.8 Å². The third-order valence-electron chi connectivity index (χ3n) is 4.13. The Bertz CT molecular complexity index is 851. The molecule has 2 aromatic rings. The van der Waals surface area contributed by atoms with E-state index < -0.39 is 11.8 Å². The topological polar surface area (TPSA) is 78.5 Å². The van der Waals surface area contributed by atoms with E-state index in [-0.39, 0.29) is 30.7 Å². The second-order valence-corrected chi connectivity index (χ2v) is 6.12. The van der Waals surface area contributed by atoms with Gasteiger partial charge in [-0.05, 0) is 49.4 Å². The van der Waals surface area contributed by atoms with Crippen LogP contribution in [0.25, 0.3) is 0 Å². The summed E-state index contributed by atoms with van der Waals surface area (Å²) in [5, 5.41) is 5.40. The molecule has 0 aliphatic carbocycles. The largest absolute Gasteiger partial charge is 0.333 e. The average molecular weight is 355 g/mol. The van der Waals surface area contributed by atoms with E-state index in [4.69, 9.17) is 0 Å². The van der Waals surface area contributed by atoms with E-state index in [1.165, 1.54) is 30.0 Å². The van der Waals surface area contributed by atoms with Gasteiger partial charge < -0.3 is 15.5 Å². The molecule has 1 fully saturated rings. The van der Waals surface area contributed by atoms with Gasteiger partial charge in [0, 0.05) is 29.9 Å². The van der Waals surface area contributed by atoms with Crippen molar-refractivity contribution in [2.45, 2.75) is 19.4 Å². The Morgan fingerprint density at radius 1 is 1.15 bits per heavy atom. The molecule has 3 amide bonds. The van der Waals surface area contributed by atoms with Crippen LogP contribution < -0.4 is 15.5 Å². The van der Waals surface area contributed by atoms with Gasteiger partial charge >= 0.3 is 6.03 Å². The van der Waals surface area contributed by atoms with Crippen molar-refractivity contribution >= 4 is 29.1 Å². The van der Waals surface area contributed by atoms with Crippen LogP contribution >= 0.6 is 0 Å². The van der Waals surface area contributed by atoms with Crippen molar-refractivity contribution in [3.05, 3.63) is 59.9 Å². The second-order valence-electron chi connectivity index (χ2n) is 6.12. The highest BCUT2D eigenvalue weighted by Crippen LogP contribution is 2.22. The van der Waals surface area contributed by atoms with Crippen LogP contribution in [0.15, 0.2) is 48.5 Å². The molecule has 1 atom stereocenters. The molecule has 0 spiro atoms. The Labute approximate surface area is 150 Å². The molecule has 1 aliphatic rings. The third-order valence-corrected chi connectivity index (χ3v) is 4.13. The van der Waals surface area contributed by atoms with E-state index >= 15 is 0 Å². The van der Waals surface area contributed by atoms with Gasteiger partial charge in [-0.3, -0.25) is 9.59 Å². The number of rotatable bonds is 4. The molecule has 26 heavy (non-hydrogen) atoms. The van der Waals surface area contributed by atoms with Gasteiger partial charge in [0.15, 0.2) is 5.78 Å². The van der Waals surface area contributed by atoms with Crippen LogP contribution in [-0.2, 0) is 4.79 Å². The molecule has 6 nitrogen and oxygen atoms in total. The number of urea groups is 1. The molecule has 1 saturated heterocycles. The fourth-order valence-corrected chi connectivity index (χ4v) is 2.84. The number of nitrogens with one attached hydrogen (secondary N) is 2.